The maximum atomic E-state index is 12.4. The zero-order valence-electron chi connectivity index (χ0n) is 19.1. The van der Waals surface area contributed by atoms with Crippen LogP contribution in [0, 0.1) is 0 Å². The highest BCUT2D eigenvalue weighted by molar-refractivity contribution is 8.18. The molecule has 0 radical (unpaired) electrons. The van der Waals surface area contributed by atoms with Crippen LogP contribution in [-0.4, -0.2) is 83.9 Å². The van der Waals surface area contributed by atoms with Gasteiger partial charge >= 0.3 is 5.91 Å². The molecule has 192 valence electrons. The third kappa shape index (κ3) is 8.45. The van der Waals surface area contributed by atoms with Gasteiger partial charge in [-0.1, -0.05) is 41.0 Å². The Kier molecular flexibility index (Phi) is 10.8. The molecule has 1 aromatic carbocycles. The predicted molar refractivity (Wildman–Crippen MR) is 141 cm³/mol. The first kappa shape index (κ1) is 27.9. The van der Waals surface area contributed by atoms with E-state index in [9.17, 15) is 9.59 Å². The summed E-state index contributed by atoms with van der Waals surface area (Å²) in [6.45, 7) is 3.50. The van der Waals surface area contributed by atoms with Crippen LogP contribution >= 0.6 is 46.7 Å². The summed E-state index contributed by atoms with van der Waals surface area (Å²) < 4.78 is 5.83. The number of benzene rings is 1. The number of primary amides is 1. The average molecular weight is 564 g/mol. The van der Waals surface area contributed by atoms with Gasteiger partial charge in [0.25, 0.3) is 5.90 Å². The number of likely N-dealkylation sites (N-methyl/N-ethyl adjacent to an activating group) is 1. The minimum absolute atomic E-state index is 0.00870. The number of halogens is 2. The number of carbonyl (C=O) groups excluding carboxylic acids is 2. The Balaban J connectivity index is 1.37. The van der Waals surface area contributed by atoms with E-state index in [1.54, 1.807) is 17.8 Å². The highest BCUT2D eigenvalue weighted by atomic mass is 35.5. The number of thioether (sulfide) groups is 2. The van der Waals surface area contributed by atoms with Gasteiger partial charge in [-0.3, -0.25) is 14.5 Å². The van der Waals surface area contributed by atoms with Gasteiger partial charge in [0.15, 0.2) is 0 Å². The van der Waals surface area contributed by atoms with Crippen LogP contribution in [0.3, 0.4) is 0 Å². The number of amides is 2. The van der Waals surface area contributed by atoms with E-state index in [1.807, 2.05) is 29.5 Å². The molecular formula is C21H28Cl2N6O4S2. The van der Waals surface area contributed by atoms with Gasteiger partial charge in [0.05, 0.1) is 35.1 Å². The molecule has 5 N–H and O–H groups in total. The summed E-state index contributed by atoms with van der Waals surface area (Å²) in [5, 5.41) is 5.97. The SMILES string of the molecule is CN1C(CN=C(ON)C(N)=O)=CSC1SCC(=O)NCC1CN(Cc2ccc(Cl)c(Cl)c2)CCO1. The van der Waals surface area contributed by atoms with E-state index in [0.29, 0.717) is 35.5 Å². The van der Waals surface area contributed by atoms with Gasteiger partial charge in [0, 0.05) is 38.9 Å². The van der Waals surface area contributed by atoms with Gasteiger partial charge < -0.3 is 25.5 Å². The van der Waals surface area contributed by atoms with E-state index in [1.165, 1.54) is 11.8 Å². The molecule has 3 rings (SSSR count). The van der Waals surface area contributed by atoms with Gasteiger partial charge in [-0.05, 0) is 23.1 Å². The highest BCUT2D eigenvalue weighted by Gasteiger charge is 2.26. The summed E-state index contributed by atoms with van der Waals surface area (Å²) in [6, 6.07) is 5.64. The van der Waals surface area contributed by atoms with Crippen LogP contribution in [0.25, 0.3) is 0 Å². The zero-order chi connectivity index (χ0) is 25.4. The zero-order valence-corrected chi connectivity index (χ0v) is 22.3. The molecule has 1 aromatic rings. The van der Waals surface area contributed by atoms with Crippen LogP contribution in [0.15, 0.2) is 34.3 Å². The lowest BCUT2D eigenvalue weighted by atomic mass is 10.2. The minimum Gasteiger partial charge on any atom is -0.385 e. The van der Waals surface area contributed by atoms with Gasteiger partial charge in [-0.15, -0.1) is 11.8 Å². The van der Waals surface area contributed by atoms with Crippen molar-refractivity contribution in [2.24, 2.45) is 16.6 Å². The van der Waals surface area contributed by atoms with Crippen molar-refractivity contribution in [3.8, 4) is 0 Å². The second-order valence-electron chi connectivity index (χ2n) is 7.86. The van der Waals surface area contributed by atoms with Crippen LogP contribution in [0.5, 0.6) is 0 Å². The van der Waals surface area contributed by atoms with Gasteiger partial charge in [-0.2, -0.15) is 5.90 Å². The van der Waals surface area contributed by atoms with Crippen molar-refractivity contribution in [1.29, 1.82) is 0 Å². The van der Waals surface area contributed by atoms with Crippen molar-refractivity contribution < 1.29 is 19.2 Å². The van der Waals surface area contributed by atoms with Crippen molar-refractivity contribution in [2.75, 3.05) is 45.6 Å². The molecule has 1 saturated heterocycles. The minimum atomic E-state index is -0.830. The largest absolute Gasteiger partial charge is 0.385 e. The molecule has 2 amide bonds. The van der Waals surface area contributed by atoms with Crippen molar-refractivity contribution in [1.82, 2.24) is 15.1 Å². The summed E-state index contributed by atoms with van der Waals surface area (Å²) in [4.78, 5) is 36.2. The standard InChI is InChI=1S/C21H28Cl2N6O4S2/c1-28-14(7-27-20(33-25)19(24)31)11-34-21(28)35-12-18(30)26-8-15-10-29(4-5-32-15)9-13-2-3-16(22)17(23)6-13/h2-3,6,11,15,21H,4-5,7-10,12,25H2,1H3,(H2,24,31)(H,26,30). The van der Waals surface area contributed by atoms with Crippen molar-refractivity contribution in [3.63, 3.8) is 0 Å². The first-order valence-corrected chi connectivity index (χ1v) is 13.5. The molecule has 0 aliphatic carbocycles. The summed E-state index contributed by atoms with van der Waals surface area (Å²) in [7, 11) is 1.89. The third-order valence-corrected chi connectivity index (χ3v) is 8.76. The summed E-state index contributed by atoms with van der Waals surface area (Å²) in [6.07, 6.45) is -0.0839. The molecule has 2 unspecified atom stereocenters. The number of carbonyl (C=O) groups is 2. The van der Waals surface area contributed by atoms with Gasteiger partial charge in [-0.25, -0.2) is 4.99 Å². The highest BCUT2D eigenvalue weighted by Crippen LogP contribution is 2.36. The molecule has 14 heteroatoms. The molecule has 0 aromatic heterocycles. The van der Waals surface area contributed by atoms with Crippen molar-refractivity contribution >= 4 is 64.4 Å². The van der Waals surface area contributed by atoms with Crippen LogP contribution < -0.4 is 16.9 Å². The van der Waals surface area contributed by atoms with Crippen LogP contribution in [0.4, 0.5) is 0 Å². The Labute approximate surface area is 222 Å². The number of morpholine rings is 1. The molecule has 2 atom stereocenters. The summed E-state index contributed by atoms with van der Waals surface area (Å²) >= 11 is 15.2. The first-order valence-electron chi connectivity index (χ1n) is 10.7. The topological polar surface area (TPSA) is 136 Å². The predicted octanol–water partition coefficient (Wildman–Crippen LogP) is 1.62. The quantitative estimate of drug-likeness (QED) is 0.233. The normalized spacial score (nSPS) is 21.1. The molecule has 0 spiro atoms. The first-order chi connectivity index (χ1) is 16.8. The Morgan fingerprint density at radius 2 is 2.17 bits per heavy atom. The maximum absolute atomic E-state index is 12.4. The number of nitrogens with two attached hydrogens (primary N) is 2. The van der Waals surface area contributed by atoms with Crippen LogP contribution in [0.1, 0.15) is 5.56 Å². The molecule has 2 aliphatic rings. The maximum Gasteiger partial charge on any atom is 0.305 e. The van der Waals surface area contributed by atoms with Crippen molar-refractivity contribution in [2.45, 2.75) is 17.4 Å². The second kappa shape index (κ2) is 13.6. The van der Waals surface area contributed by atoms with Gasteiger partial charge in [0.1, 0.15) is 4.71 Å². The summed E-state index contributed by atoms with van der Waals surface area (Å²) in [5.74, 6) is 4.07. The molecule has 1 fully saturated rings. The molecule has 10 nitrogen and oxygen atoms in total. The number of hydrogen-bond acceptors (Lipinski definition) is 10. The smallest absolute Gasteiger partial charge is 0.305 e. The molecule has 35 heavy (non-hydrogen) atoms. The second-order valence-corrected chi connectivity index (χ2v) is 11.0. The lowest BCUT2D eigenvalue weighted by Crippen LogP contribution is -2.47. The van der Waals surface area contributed by atoms with E-state index >= 15 is 0 Å². The number of nitrogens with one attached hydrogen (secondary N) is 1. The van der Waals surface area contributed by atoms with E-state index in [-0.39, 0.29) is 29.2 Å². The van der Waals surface area contributed by atoms with E-state index in [2.05, 4.69) is 20.0 Å². The lowest BCUT2D eigenvalue weighted by molar-refractivity contribution is -0.119. The van der Waals surface area contributed by atoms with Crippen LogP contribution in [-0.2, 0) is 25.7 Å². The van der Waals surface area contributed by atoms with Crippen molar-refractivity contribution in [3.05, 3.63) is 44.9 Å². The fraction of sp³-hybridized carbons (Fsp3) is 0.476. The Morgan fingerprint density at radius 1 is 1.37 bits per heavy atom. The molecule has 0 bridgehead atoms. The molecule has 2 aliphatic heterocycles. The Morgan fingerprint density at radius 3 is 2.89 bits per heavy atom. The average Bonchev–Trinajstić information content (AvgIpc) is 3.18. The fourth-order valence-electron chi connectivity index (χ4n) is 3.44. The molecule has 0 saturated carbocycles. The number of rotatable bonds is 9. The number of hydrogen-bond donors (Lipinski definition) is 3. The molecular weight excluding hydrogens is 535 g/mol. The van der Waals surface area contributed by atoms with Crippen LogP contribution in [0.2, 0.25) is 10.0 Å². The van der Waals surface area contributed by atoms with E-state index in [4.69, 9.17) is 39.6 Å². The Bertz CT molecular complexity index is 983. The number of ether oxygens (including phenoxy) is 1. The Hall–Kier alpha value is -1.67. The lowest BCUT2D eigenvalue weighted by Gasteiger charge is -2.33. The number of aliphatic imine (C=N–C) groups is 1. The monoisotopic (exact) mass is 562 g/mol. The molecule has 2 heterocycles. The van der Waals surface area contributed by atoms with E-state index < -0.39 is 5.91 Å². The van der Waals surface area contributed by atoms with Gasteiger partial charge in [0.2, 0.25) is 5.91 Å². The third-order valence-electron chi connectivity index (χ3n) is 5.29. The van der Waals surface area contributed by atoms with E-state index in [0.717, 1.165) is 24.4 Å². The number of nitrogens with zero attached hydrogens (tertiary/aromatic N) is 3. The fourth-order valence-corrected chi connectivity index (χ4v) is 6.03. The summed E-state index contributed by atoms with van der Waals surface area (Å²) in [5.41, 5.74) is 7.07.